The number of fused-ring (bicyclic) bond motifs is 2. The normalized spacial score (nSPS) is 12.2. The minimum absolute atomic E-state index is 0.0564. The van der Waals surface area contributed by atoms with Gasteiger partial charge in [0.15, 0.2) is 4.77 Å². The lowest BCUT2D eigenvalue weighted by molar-refractivity contribution is -0.385. The van der Waals surface area contributed by atoms with Crippen LogP contribution in [0.4, 0.5) is 5.69 Å². The van der Waals surface area contributed by atoms with Crippen molar-refractivity contribution in [1.29, 1.82) is 0 Å². The molecule has 21 heavy (non-hydrogen) atoms. The van der Waals surface area contributed by atoms with E-state index >= 15 is 0 Å². The monoisotopic (exact) mass is 307 g/mol. The molecule has 0 radical (unpaired) electrons. The number of hydrogen-bond donors (Lipinski definition) is 3. The van der Waals surface area contributed by atoms with Crippen molar-refractivity contribution in [2.45, 2.75) is 13.0 Å². The summed E-state index contributed by atoms with van der Waals surface area (Å²) in [6.45, 7) is -0.339. The number of ether oxygens (including phenoxy) is 1. The van der Waals surface area contributed by atoms with Crippen molar-refractivity contribution in [3.8, 4) is 11.6 Å². The summed E-state index contributed by atoms with van der Waals surface area (Å²) >= 11 is 4.85. The van der Waals surface area contributed by atoms with Gasteiger partial charge in [-0.3, -0.25) is 19.9 Å². The summed E-state index contributed by atoms with van der Waals surface area (Å²) < 4.78 is 5.55. The number of nitrogens with one attached hydrogen (secondary N) is 2. The Morgan fingerprint density at radius 2 is 2.19 bits per heavy atom. The number of aromatic amines is 2. The first-order valence-corrected chi connectivity index (χ1v) is 6.35. The average molecular weight is 307 g/mol. The van der Waals surface area contributed by atoms with Crippen LogP contribution in [-0.2, 0) is 13.0 Å². The Balaban J connectivity index is 2.23. The molecular weight excluding hydrogens is 298 g/mol. The van der Waals surface area contributed by atoms with Gasteiger partial charge in [-0.05, 0) is 23.8 Å². The van der Waals surface area contributed by atoms with E-state index in [9.17, 15) is 20.0 Å². The Hall–Kier alpha value is -2.52. The van der Waals surface area contributed by atoms with Crippen LogP contribution in [0.3, 0.4) is 0 Å². The highest BCUT2D eigenvalue weighted by atomic mass is 32.1. The first-order valence-electron chi connectivity index (χ1n) is 5.94. The molecule has 0 unspecified atom stereocenters. The second-order valence-electron chi connectivity index (χ2n) is 4.51. The van der Waals surface area contributed by atoms with Crippen LogP contribution in [-0.4, -0.2) is 20.0 Å². The summed E-state index contributed by atoms with van der Waals surface area (Å²) in [5, 5.41) is 20.3. The van der Waals surface area contributed by atoms with Gasteiger partial charge < -0.3 is 14.8 Å². The zero-order valence-corrected chi connectivity index (χ0v) is 11.3. The molecule has 1 aliphatic rings. The van der Waals surface area contributed by atoms with Crippen molar-refractivity contribution in [1.82, 2.24) is 9.97 Å². The predicted octanol–water partition coefficient (Wildman–Crippen LogP) is 1.53. The fourth-order valence-corrected chi connectivity index (χ4v) is 2.43. The van der Waals surface area contributed by atoms with Gasteiger partial charge in [-0.25, -0.2) is 0 Å². The quantitative estimate of drug-likeness (QED) is 0.375. The van der Waals surface area contributed by atoms with Crippen LogP contribution in [0.1, 0.15) is 16.7 Å². The predicted molar refractivity (Wildman–Crippen MR) is 74.1 cm³/mol. The maximum absolute atomic E-state index is 11.9. The summed E-state index contributed by atoms with van der Waals surface area (Å²) in [4.78, 5) is 27.5. The lowest BCUT2D eigenvalue weighted by atomic mass is 10.00. The third-order valence-electron chi connectivity index (χ3n) is 3.16. The van der Waals surface area contributed by atoms with Gasteiger partial charge >= 0.3 is 5.69 Å². The number of benzene rings is 1. The lowest BCUT2D eigenvalue weighted by Crippen LogP contribution is -2.20. The number of hydrogen-bond acceptors (Lipinski definition) is 6. The molecule has 8 nitrogen and oxygen atoms in total. The Labute approximate surface area is 122 Å². The molecule has 1 aliphatic heterocycles. The molecule has 0 bridgehead atoms. The van der Waals surface area contributed by atoms with E-state index in [1.54, 1.807) is 6.07 Å². The van der Waals surface area contributed by atoms with Crippen LogP contribution in [0.5, 0.6) is 11.6 Å². The zero-order valence-electron chi connectivity index (χ0n) is 10.5. The molecule has 108 valence electrons. The largest absolute Gasteiger partial charge is 0.433 e. The average Bonchev–Trinajstić information content (AvgIpc) is 2.44. The zero-order chi connectivity index (χ0) is 15.1. The summed E-state index contributed by atoms with van der Waals surface area (Å²) in [7, 11) is 0. The molecular formula is C12H9N3O5S. The SMILES string of the molecule is O=c1[nH]c(=S)[nH]c2c1Cc1cc(CO)cc([N+](=O)[O-])c1O2. The number of aliphatic hydroxyl groups excluding tert-OH is 1. The molecule has 2 heterocycles. The molecule has 3 N–H and O–H groups in total. The van der Waals surface area contributed by atoms with Crippen LogP contribution in [0.2, 0.25) is 0 Å². The number of nitrogens with zero attached hydrogens (tertiary/aromatic N) is 1. The molecule has 0 fully saturated rings. The van der Waals surface area contributed by atoms with Gasteiger partial charge in [0.25, 0.3) is 5.56 Å². The summed E-state index contributed by atoms with van der Waals surface area (Å²) in [5.74, 6) is 0.164. The van der Waals surface area contributed by atoms with E-state index in [1.165, 1.54) is 6.07 Å². The number of H-pyrrole nitrogens is 2. The standard InChI is InChI=1S/C12H9N3O5S/c16-4-5-1-6-3-7-10(17)13-12(21)14-11(7)20-9(6)8(2-5)15(18)19/h1-2,16H,3-4H2,(H2,13,14,17,21). The third-order valence-corrected chi connectivity index (χ3v) is 3.36. The first-order chi connectivity index (χ1) is 9.99. The maximum atomic E-state index is 11.9. The minimum Gasteiger partial charge on any atom is -0.433 e. The topological polar surface area (TPSA) is 121 Å². The number of nitro groups is 1. The van der Waals surface area contributed by atoms with E-state index in [0.717, 1.165) is 0 Å². The van der Waals surface area contributed by atoms with E-state index in [1.807, 2.05) is 0 Å². The van der Waals surface area contributed by atoms with Gasteiger partial charge in [-0.2, -0.15) is 0 Å². The molecule has 3 rings (SSSR count). The van der Waals surface area contributed by atoms with Crippen molar-refractivity contribution in [3.63, 3.8) is 0 Å². The van der Waals surface area contributed by atoms with Gasteiger partial charge in [0.05, 0.1) is 17.1 Å². The van der Waals surface area contributed by atoms with Gasteiger partial charge in [0, 0.05) is 18.1 Å². The number of rotatable bonds is 2. The fourth-order valence-electron chi connectivity index (χ4n) is 2.24. The Morgan fingerprint density at radius 3 is 2.86 bits per heavy atom. The van der Waals surface area contributed by atoms with Crippen molar-refractivity contribution < 1.29 is 14.8 Å². The smallest absolute Gasteiger partial charge is 0.312 e. The molecule has 0 aliphatic carbocycles. The number of aromatic nitrogens is 2. The van der Waals surface area contributed by atoms with Crippen LogP contribution in [0.25, 0.3) is 0 Å². The van der Waals surface area contributed by atoms with Gasteiger partial charge in [0.1, 0.15) is 0 Å². The molecule has 0 saturated carbocycles. The van der Waals surface area contributed by atoms with Gasteiger partial charge in [-0.15, -0.1) is 0 Å². The molecule has 0 amide bonds. The van der Waals surface area contributed by atoms with E-state index in [-0.39, 0.29) is 35.1 Å². The summed E-state index contributed by atoms with van der Waals surface area (Å²) in [6, 6.07) is 2.82. The third kappa shape index (κ3) is 2.22. The molecule has 1 aromatic heterocycles. The summed E-state index contributed by atoms with van der Waals surface area (Å²) in [5.41, 5.74) is 0.489. The van der Waals surface area contributed by atoms with Crippen LogP contribution < -0.4 is 10.3 Å². The molecule has 0 atom stereocenters. The van der Waals surface area contributed by atoms with Crippen LogP contribution >= 0.6 is 12.2 Å². The second-order valence-corrected chi connectivity index (χ2v) is 4.92. The van der Waals surface area contributed by atoms with Crippen molar-refractivity contribution in [2.75, 3.05) is 0 Å². The minimum atomic E-state index is -0.592. The molecule has 1 aromatic carbocycles. The van der Waals surface area contributed by atoms with Gasteiger partial charge in [0.2, 0.25) is 11.6 Å². The highest BCUT2D eigenvalue weighted by molar-refractivity contribution is 7.71. The van der Waals surface area contributed by atoms with Crippen molar-refractivity contribution >= 4 is 17.9 Å². The molecule has 0 spiro atoms. The van der Waals surface area contributed by atoms with Gasteiger partial charge in [-0.1, -0.05) is 0 Å². The van der Waals surface area contributed by atoms with E-state index in [4.69, 9.17) is 17.0 Å². The highest BCUT2D eigenvalue weighted by Gasteiger charge is 2.28. The van der Waals surface area contributed by atoms with Crippen molar-refractivity contribution in [3.05, 3.63) is 54.1 Å². The van der Waals surface area contributed by atoms with Crippen molar-refractivity contribution in [2.24, 2.45) is 0 Å². The fraction of sp³-hybridized carbons (Fsp3) is 0.167. The Bertz CT molecular complexity index is 870. The number of aliphatic hydroxyl groups is 1. The summed E-state index contributed by atoms with van der Waals surface area (Å²) in [6.07, 6.45) is 0.154. The molecule has 2 aromatic rings. The van der Waals surface area contributed by atoms with E-state index < -0.39 is 10.5 Å². The van der Waals surface area contributed by atoms with E-state index in [0.29, 0.717) is 16.7 Å². The molecule has 9 heteroatoms. The van der Waals surface area contributed by atoms with Crippen LogP contribution in [0, 0.1) is 14.9 Å². The number of nitro benzene ring substituents is 1. The first kappa shape index (κ1) is 13.5. The molecule has 0 saturated heterocycles. The lowest BCUT2D eigenvalue weighted by Gasteiger charge is -2.19. The van der Waals surface area contributed by atoms with E-state index in [2.05, 4.69) is 9.97 Å². The van der Waals surface area contributed by atoms with Crippen LogP contribution in [0.15, 0.2) is 16.9 Å². The Morgan fingerprint density at radius 1 is 1.43 bits per heavy atom. The maximum Gasteiger partial charge on any atom is 0.312 e. The Kier molecular flexibility index (Phi) is 3.07. The highest BCUT2D eigenvalue weighted by Crippen LogP contribution is 2.40. The second kappa shape index (κ2) is 4.79.